The van der Waals surface area contributed by atoms with Crippen molar-refractivity contribution in [2.75, 3.05) is 5.32 Å². The molecule has 0 unspecified atom stereocenters. The number of anilines is 1. The van der Waals surface area contributed by atoms with Crippen molar-refractivity contribution in [2.45, 2.75) is 52.6 Å². The van der Waals surface area contributed by atoms with Gasteiger partial charge in [-0.2, -0.15) is 18.2 Å². The lowest BCUT2D eigenvalue weighted by molar-refractivity contribution is -0.144. The van der Waals surface area contributed by atoms with E-state index in [1.165, 1.54) is 11.3 Å². The number of hydrogen-bond acceptors (Lipinski definition) is 7. The van der Waals surface area contributed by atoms with Crippen LogP contribution >= 0.6 is 11.3 Å². The predicted octanol–water partition coefficient (Wildman–Crippen LogP) is 3.14. The largest absolute Gasteiger partial charge is 0.453 e. The van der Waals surface area contributed by atoms with Crippen LogP contribution in [0.25, 0.3) is 5.78 Å². The second-order valence-electron chi connectivity index (χ2n) is 6.21. The first kappa shape index (κ1) is 20.1. The van der Waals surface area contributed by atoms with E-state index in [0.717, 1.165) is 22.4 Å². The summed E-state index contributed by atoms with van der Waals surface area (Å²) in [5, 5.41) is 15.4. The molecule has 1 N–H and O–H groups in total. The van der Waals surface area contributed by atoms with E-state index in [1.54, 1.807) is 13.8 Å². The quantitative estimate of drug-likeness (QED) is 0.667. The molecule has 0 bridgehead atoms. The highest BCUT2D eigenvalue weighted by Crippen LogP contribution is 2.27. The molecule has 28 heavy (non-hydrogen) atoms. The van der Waals surface area contributed by atoms with Gasteiger partial charge in [0, 0.05) is 24.2 Å². The Labute approximate surface area is 162 Å². The molecule has 0 saturated carbocycles. The molecule has 0 spiro atoms. The second kappa shape index (κ2) is 7.78. The molecule has 12 heteroatoms. The average Bonchev–Trinajstić information content (AvgIpc) is 3.21. The van der Waals surface area contributed by atoms with Crippen LogP contribution in [0.1, 0.15) is 47.5 Å². The maximum absolute atomic E-state index is 12.8. The average molecular weight is 413 g/mol. The molecule has 0 aliphatic heterocycles. The topological polar surface area (TPSA) is 98.0 Å². The number of amides is 1. The number of fused-ring (bicyclic) bond motifs is 1. The lowest BCUT2D eigenvalue weighted by atomic mass is 10.1. The van der Waals surface area contributed by atoms with Crippen LogP contribution < -0.4 is 5.32 Å². The van der Waals surface area contributed by atoms with E-state index < -0.39 is 12.0 Å². The van der Waals surface area contributed by atoms with E-state index in [4.69, 9.17) is 0 Å². The molecular weight excluding hydrogens is 395 g/mol. The molecule has 0 fully saturated rings. The summed E-state index contributed by atoms with van der Waals surface area (Å²) >= 11 is 1.33. The SMILES string of the molecule is CCCc1nnc(NC(=O)CCc2c(C)nc3nc(C(F)(F)F)nn3c2C)s1. The molecule has 3 rings (SSSR count). The highest BCUT2D eigenvalue weighted by atomic mass is 32.1. The lowest BCUT2D eigenvalue weighted by Crippen LogP contribution is -2.14. The van der Waals surface area contributed by atoms with E-state index in [2.05, 4.69) is 30.6 Å². The Hall–Kier alpha value is -2.63. The number of halogens is 3. The van der Waals surface area contributed by atoms with Crippen LogP contribution in [0.4, 0.5) is 18.3 Å². The van der Waals surface area contributed by atoms with Gasteiger partial charge in [-0.15, -0.1) is 15.3 Å². The maximum Gasteiger partial charge on any atom is 0.453 e. The van der Waals surface area contributed by atoms with E-state index in [-0.39, 0.29) is 18.1 Å². The normalized spacial score (nSPS) is 11.9. The van der Waals surface area contributed by atoms with Gasteiger partial charge < -0.3 is 5.32 Å². The number of hydrogen-bond donors (Lipinski definition) is 1. The summed E-state index contributed by atoms with van der Waals surface area (Å²) in [6, 6.07) is 0. The summed E-state index contributed by atoms with van der Waals surface area (Å²) in [6.07, 6.45) is -2.48. The molecule has 3 aromatic rings. The van der Waals surface area contributed by atoms with Gasteiger partial charge >= 0.3 is 6.18 Å². The van der Waals surface area contributed by atoms with Crippen molar-refractivity contribution in [3.63, 3.8) is 0 Å². The van der Waals surface area contributed by atoms with Gasteiger partial charge in [0.05, 0.1) is 0 Å². The summed E-state index contributed by atoms with van der Waals surface area (Å²) in [4.78, 5) is 19.7. The molecule has 150 valence electrons. The molecular formula is C16H18F3N7OS. The number of aryl methyl sites for hydroxylation is 3. The van der Waals surface area contributed by atoms with Crippen molar-refractivity contribution in [1.82, 2.24) is 29.8 Å². The molecule has 0 aliphatic carbocycles. The Morgan fingerprint density at radius 1 is 1.18 bits per heavy atom. The fourth-order valence-electron chi connectivity index (χ4n) is 2.73. The van der Waals surface area contributed by atoms with Gasteiger partial charge in [-0.3, -0.25) is 4.79 Å². The van der Waals surface area contributed by atoms with Crippen LogP contribution in [0.5, 0.6) is 0 Å². The number of nitrogens with zero attached hydrogens (tertiary/aromatic N) is 6. The van der Waals surface area contributed by atoms with Crippen molar-refractivity contribution in [1.29, 1.82) is 0 Å². The zero-order valence-electron chi connectivity index (χ0n) is 15.5. The van der Waals surface area contributed by atoms with Crippen molar-refractivity contribution >= 4 is 28.2 Å². The van der Waals surface area contributed by atoms with Gasteiger partial charge in [0.2, 0.25) is 11.0 Å². The van der Waals surface area contributed by atoms with Crippen LogP contribution in [-0.4, -0.2) is 35.7 Å². The molecule has 0 aromatic carbocycles. The van der Waals surface area contributed by atoms with Crippen molar-refractivity contribution in [3.8, 4) is 0 Å². The standard InChI is InChI=1S/C16H18F3N7OS/c1-4-5-12-23-24-15(28-12)21-11(27)7-6-10-8(2)20-14-22-13(16(17,18)19)25-26(14)9(10)3/h4-7H2,1-3H3,(H,21,24,27). The summed E-state index contributed by atoms with van der Waals surface area (Å²) < 4.78 is 39.6. The Morgan fingerprint density at radius 3 is 2.61 bits per heavy atom. The monoisotopic (exact) mass is 413 g/mol. The fourth-order valence-corrected chi connectivity index (χ4v) is 3.59. The van der Waals surface area contributed by atoms with Crippen molar-refractivity contribution in [2.24, 2.45) is 0 Å². The lowest BCUT2D eigenvalue weighted by Gasteiger charge is -2.09. The molecule has 0 radical (unpaired) electrons. The summed E-state index contributed by atoms with van der Waals surface area (Å²) in [6.45, 7) is 5.33. The highest BCUT2D eigenvalue weighted by molar-refractivity contribution is 7.15. The van der Waals surface area contributed by atoms with Crippen LogP contribution in [0.15, 0.2) is 0 Å². The predicted molar refractivity (Wildman–Crippen MR) is 96.1 cm³/mol. The fraction of sp³-hybridized carbons (Fsp3) is 0.500. The third kappa shape index (κ3) is 4.26. The first-order valence-electron chi connectivity index (χ1n) is 8.61. The summed E-state index contributed by atoms with van der Waals surface area (Å²) in [5.41, 5.74) is 1.64. The Balaban J connectivity index is 1.73. The summed E-state index contributed by atoms with van der Waals surface area (Å²) in [5.74, 6) is -1.61. The summed E-state index contributed by atoms with van der Waals surface area (Å²) in [7, 11) is 0. The number of nitrogens with one attached hydrogen (secondary N) is 1. The Kier molecular flexibility index (Phi) is 5.59. The van der Waals surface area contributed by atoms with Gasteiger partial charge in [-0.1, -0.05) is 18.3 Å². The van der Waals surface area contributed by atoms with Gasteiger partial charge in [0.25, 0.3) is 11.6 Å². The molecule has 8 nitrogen and oxygen atoms in total. The Bertz CT molecular complexity index is 1010. The minimum absolute atomic E-state index is 0.118. The van der Waals surface area contributed by atoms with Crippen LogP contribution in [-0.2, 0) is 23.8 Å². The minimum atomic E-state index is -4.65. The van der Waals surface area contributed by atoms with Crippen LogP contribution in [0.3, 0.4) is 0 Å². The van der Waals surface area contributed by atoms with E-state index in [9.17, 15) is 18.0 Å². The van der Waals surface area contributed by atoms with Crippen LogP contribution in [0.2, 0.25) is 0 Å². The van der Waals surface area contributed by atoms with E-state index in [1.807, 2.05) is 6.92 Å². The van der Waals surface area contributed by atoms with Gasteiger partial charge in [0.15, 0.2) is 0 Å². The third-order valence-corrected chi connectivity index (χ3v) is 4.98. The number of carbonyl (C=O) groups excluding carboxylic acids is 1. The molecule has 3 heterocycles. The zero-order valence-corrected chi connectivity index (χ0v) is 16.3. The number of alkyl halides is 3. The van der Waals surface area contributed by atoms with E-state index >= 15 is 0 Å². The van der Waals surface area contributed by atoms with Crippen molar-refractivity contribution < 1.29 is 18.0 Å². The van der Waals surface area contributed by atoms with Gasteiger partial charge in [0.1, 0.15) is 5.01 Å². The zero-order chi connectivity index (χ0) is 20.5. The molecule has 0 atom stereocenters. The first-order chi connectivity index (χ1) is 13.2. The molecule has 0 saturated heterocycles. The molecule has 1 amide bonds. The van der Waals surface area contributed by atoms with Gasteiger partial charge in [-0.05, 0) is 32.3 Å². The number of rotatable bonds is 6. The maximum atomic E-state index is 12.8. The van der Waals surface area contributed by atoms with Gasteiger partial charge in [-0.25, -0.2) is 9.50 Å². The highest BCUT2D eigenvalue weighted by Gasteiger charge is 2.36. The van der Waals surface area contributed by atoms with E-state index in [0.29, 0.717) is 28.5 Å². The minimum Gasteiger partial charge on any atom is -0.301 e. The molecule has 3 aromatic heterocycles. The van der Waals surface area contributed by atoms with Crippen LogP contribution in [0, 0.1) is 13.8 Å². The first-order valence-corrected chi connectivity index (χ1v) is 9.43. The third-order valence-electron chi connectivity index (χ3n) is 4.08. The Morgan fingerprint density at radius 2 is 1.93 bits per heavy atom. The number of carbonyl (C=O) groups is 1. The number of aromatic nitrogens is 6. The smallest absolute Gasteiger partial charge is 0.301 e. The second-order valence-corrected chi connectivity index (χ2v) is 7.27. The van der Waals surface area contributed by atoms with Crippen molar-refractivity contribution in [3.05, 3.63) is 27.8 Å². The molecule has 0 aliphatic rings.